The number of nitrogens with one attached hydrogen (secondary N) is 1. The standard InChI is InChI=1S/C21H16Cl3FN2O4S/c22-17-6-4-16(9-19(17)24)31-13-21(28)26-10-15-2-1-7-27(12-15)11-14-3-5-18(23)20(8-14)32(25,29)30/h1-9,12H,10-11,13H2/p+1. The minimum absolute atomic E-state index is 0.180. The molecule has 0 aliphatic carbocycles. The molecule has 0 bridgehead atoms. The van der Waals surface area contributed by atoms with Gasteiger partial charge in [-0.1, -0.05) is 40.9 Å². The smallest absolute Gasteiger partial charge is 0.333 e. The van der Waals surface area contributed by atoms with Gasteiger partial charge in [-0.25, -0.2) is 4.57 Å². The molecule has 0 aliphatic rings. The van der Waals surface area contributed by atoms with Crippen LogP contribution < -0.4 is 14.6 Å². The van der Waals surface area contributed by atoms with E-state index in [0.29, 0.717) is 21.4 Å². The maximum atomic E-state index is 13.4. The molecule has 0 fully saturated rings. The van der Waals surface area contributed by atoms with Gasteiger partial charge in [0.1, 0.15) is 10.6 Å². The highest BCUT2D eigenvalue weighted by Crippen LogP contribution is 2.26. The van der Waals surface area contributed by atoms with Gasteiger partial charge in [0, 0.05) is 29.8 Å². The molecule has 0 spiro atoms. The number of amides is 1. The van der Waals surface area contributed by atoms with Crippen LogP contribution in [0.15, 0.2) is 65.8 Å². The predicted molar refractivity (Wildman–Crippen MR) is 119 cm³/mol. The molecular formula is C21H17Cl3FN2O4S+. The van der Waals surface area contributed by atoms with Crippen LogP contribution in [0, 0.1) is 0 Å². The van der Waals surface area contributed by atoms with Crippen LogP contribution in [0.2, 0.25) is 15.1 Å². The molecule has 1 heterocycles. The zero-order valence-electron chi connectivity index (χ0n) is 16.4. The lowest BCUT2D eigenvalue weighted by Crippen LogP contribution is -2.35. The largest absolute Gasteiger partial charge is 0.484 e. The molecule has 11 heteroatoms. The number of hydrogen-bond acceptors (Lipinski definition) is 4. The van der Waals surface area contributed by atoms with E-state index < -0.39 is 15.1 Å². The number of carbonyl (C=O) groups is 1. The molecule has 3 rings (SSSR count). The molecule has 0 radical (unpaired) electrons. The molecular weight excluding hydrogens is 502 g/mol. The third kappa shape index (κ3) is 6.80. The Morgan fingerprint density at radius 1 is 1.00 bits per heavy atom. The van der Waals surface area contributed by atoms with Crippen molar-refractivity contribution in [2.75, 3.05) is 6.61 Å². The van der Waals surface area contributed by atoms with Crippen LogP contribution in [0.5, 0.6) is 5.75 Å². The van der Waals surface area contributed by atoms with Gasteiger partial charge in [-0.3, -0.25) is 4.79 Å². The topological polar surface area (TPSA) is 76.3 Å². The number of carbonyl (C=O) groups excluding carboxylic acids is 1. The van der Waals surface area contributed by atoms with Crippen molar-refractivity contribution in [2.45, 2.75) is 18.0 Å². The fraction of sp³-hybridized carbons (Fsp3) is 0.143. The van der Waals surface area contributed by atoms with Crippen LogP contribution in [0.3, 0.4) is 0 Å². The average molecular weight is 519 g/mol. The normalized spacial score (nSPS) is 11.2. The molecule has 0 atom stereocenters. The van der Waals surface area contributed by atoms with Gasteiger partial charge >= 0.3 is 10.2 Å². The van der Waals surface area contributed by atoms with E-state index in [2.05, 4.69) is 5.32 Å². The molecule has 168 valence electrons. The predicted octanol–water partition coefficient (Wildman–Crippen LogP) is 4.34. The first kappa shape index (κ1) is 24.3. The fourth-order valence-electron chi connectivity index (χ4n) is 2.79. The summed E-state index contributed by atoms with van der Waals surface area (Å²) in [6, 6.07) is 12.4. The van der Waals surface area contributed by atoms with Gasteiger partial charge in [0.2, 0.25) is 0 Å². The van der Waals surface area contributed by atoms with Gasteiger partial charge in [-0.05, 0) is 30.3 Å². The maximum absolute atomic E-state index is 13.4. The molecule has 6 nitrogen and oxygen atoms in total. The average Bonchev–Trinajstić information content (AvgIpc) is 2.74. The Balaban J connectivity index is 1.58. The minimum Gasteiger partial charge on any atom is -0.484 e. The molecule has 1 amide bonds. The Morgan fingerprint density at radius 3 is 2.47 bits per heavy atom. The van der Waals surface area contributed by atoms with Crippen molar-refractivity contribution in [3.05, 3.63) is 87.1 Å². The summed E-state index contributed by atoms with van der Waals surface area (Å²) in [5.41, 5.74) is 1.34. The van der Waals surface area contributed by atoms with Crippen LogP contribution in [0.4, 0.5) is 3.89 Å². The zero-order chi connectivity index (χ0) is 23.3. The van der Waals surface area contributed by atoms with Crippen molar-refractivity contribution >= 4 is 50.9 Å². The molecule has 32 heavy (non-hydrogen) atoms. The first-order valence-corrected chi connectivity index (χ1v) is 11.7. The van der Waals surface area contributed by atoms with Gasteiger partial charge < -0.3 is 10.1 Å². The Labute approximate surface area is 199 Å². The summed E-state index contributed by atoms with van der Waals surface area (Å²) in [6.45, 7) is 0.326. The number of halogens is 4. The number of rotatable bonds is 8. The lowest BCUT2D eigenvalue weighted by molar-refractivity contribution is -0.688. The van der Waals surface area contributed by atoms with Crippen LogP contribution in [-0.2, 0) is 28.1 Å². The minimum atomic E-state index is -4.92. The quantitative estimate of drug-likeness (QED) is 0.356. The van der Waals surface area contributed by atoms with Crippen LogP contribution >= 0.6 is 34.8 Å². The Bertz CT molecular complexity index is 1260. The van der Waals surface area contributed by atoms with Crippen molar-refractivity contribution in [3.8, 4) is 5.75 Å². The van der Waals surface area contributed by atoms with E-state index in [-0.39, 0.29) is 30.6 Å². The molecule has 0 unspecified atom stereocenters. The highest BCUT2D eigenvalue weighted by atomic mass is 35.5. The van der Waals surface area contributed by atoms with Gasteiger partial charge in [-0.2, -0.15) is 8.42 Å². The molecule has 3 aromatic rings. The van der Waals surface area contributed by atoms with Crippen LogP contribution in [0.1, 0.15) is 11.1 Å². The first-order valence-electron chi connectivity index (χ1n) is 9.17. The van der Waals surface area contributed by atoms with E-state index in [1.807, 2.05) is 6.07 Å². The van der Waals surface area contributed by atoms with E-state index in [0.717, 1.165) is 5.56 Å². The first-order chi connectivity index (χ1) is 15.1. The summed E-state index contributed by atoms with van der Waals surface area (Å²) in [5.74, 6) is 0.0895. The molecule has 1 N–H and O–H groups in total. The third-order valence-electron chi connectivity index (χ3n) is 4.29. The highest BCUT2D eigenvalue weighted by molar-refractivity contribution is 7.86. The van der Waals surface area contributed by atoms with Crippen LogP contribution in [-0.4, -0.2) is 20.9 Å². The number of aromatic nitrogens is 1. The maximum Gasteiger partial charge on any atom is 0.333 e. The molecule has 0 saturated carbocycles. The summed E-state index contributed by atoms with van der Waals surface area (Å²) < 4.78 is 43.0. The van der Waals surface area contributed by atoms with Crippen molar-refractivity contribution in [1.82, 2.24) is 5.32 Å². The number of pyridine rings is 1. The molecule has 2 aromatic carbocycles. The second-order valence-corrected chi connectivity index (χ2v) is 9.27. The van der Waals surface area contributed by atoms with Gasteiger partial charge in [-0.15, -0.1) is 3.89 Å². The number of nitrogens with zero attached hydrogens (tertiary/aromatic N) is 1. The van der Waals surface area contributed by atoms with Crippen molar-refractivity contribution in [1.29, 1.82) is 0 Å². The number of benzene rings is 2. The van der Waals surface area contributed by atoms with E-state index in [9.17, 15) is 17.1 Å². The second kappa shape index (κ2) is 10.5. The van der Waals surface area contributed by atoms with Crippen molar-refractivity contribution < 1.29 is 26.4 Å². The Morgan fingerprint density at radius 2 is 1.75 bits per heavy atom. The molecule has 1 aromatic heterocycles. The monoisotopic (exact) mass is 517 g/mol. The lowest BCUT2D eigenvalue weighted by atomic mass is 10.2. The lowest BCUT2D eigenvalue weighted by Gasteiger charge is -2.08. The van der Waals surface area contributed by atoms with E-state index in [4.69, 9.17) is 39.5 Å². The van der Waals surface area contributed by atoms with E-state index >= 15 is 0 Å². The van der Waals surface area contributed by atoms with Gasteiger partial charge in [0.05, 0.1) is 15.1 Å². The SMILES string of the molecule is O=C(COc1ccc(Cl)c(Cl)c1)NCc1ccc[n+](Cc2ccc(Cl)c(S(=O)(=O)F)c2)c1. The molecule has 0 aliphatic heterocycles. The molecule has 0 saturated heterocycles. The third-order valence-corrected chi connectivity index (χ3v) is 6.34. The number of hydrogen-bond donors (Lipinski definition) is 1. The Hall–Kier alpha value is -2.39. The highest BCUT2D eigenvalue weighted by Gasteiger charge is 2.18. The summed E-state index contributed by atoms with van der Waals surface area (Å²) in [6.07, 6.45) is 3.54. The summed E-state index contributed by atoms with van der Waals surface area (Å²) in [4.78, 5) is 11.5. The summed E-state index contributed by atoms with van der Waals surface area (Å²) in [5, 5.41) is 3.28. The van der Waals surface area contributed by atoms with Crippen molar-refractivity contribution in [2.24, 2.45) is 0 Å². The number of ether oxygens (including phenoxy) is 1. The van der Waals surface area contributed by atoms with Gasteiger partial charge in [0.15, 0.2) is 25.5 Å². The summed E-state index contributed by atoms with van der Waals surface area (Å²) >= 11 is 17.5. The van der Waals surface area contributed by atoms with E-state index in [1.54, 1.807) is 41.2 Å². The van der Waals surface area contributed by atoms with E-state index in [1.165, 1.54) is 18.2 Å². The van der Waals surface area contributed by atoms with Crippen LogP contribution in [0.25, 0.3) is 0 Å². The second-order valence-electron chi connectivity index (χ2n) is 6.73. The Kier molecular flexibility index (Phi) is 7.95. The van der Waals surface area contributed by atoms with Gasteiger partial charge in [0.25, 0.3) is 5.91 Å². The van der Waals surface area contributed by atoms with Crippen molar-refractivity contribution in [3.63, 3.8) is 0 Å². The zero-order valence-corrected chi connectivity index (χ0v) is 19.5. The summed E-state index contributed by atoms with van der Waals surface area (Å²) in [7, 11) is -4.92. The fourth-order valence-corrected chi connectivity index (χ4v) is 4.07.